The number of hydrogen-bond acceptors (Lipinski definition) is 4. The van der Waals surface area contributed by atoms with Gasteiger partial charge in [-0.3, -0.25) is 9.59 Å². The second-order valence-electron chi connectivity index (χ2n) is 3.06. The molecule has 0 aromatic heterocycles. The van der Waals surface area contributed by atoms with Crippen LogP contribution in [-0.4, -0.2) is 29.9 Å². The summed E-state index contributed by atoms with van der Waals surface area (Å²) in [5.74, 6) is 0.272. The number of ether oxygens (including phenoxy) is 1. The first-order chi connectivity index (χ1) is 6.25. The van der Waals surface area contributed by atoms with Crippen LogP contribution >= 0.6 is 11.8 Å². The van der Waals surface area contributed by atoms with Crippen LogP contribution < -0.4 is 0 Å². The first-order valence-electron chi connectivity index (χ1n) is 4.52. The molecule has 0 spiro atoms. The first kappa shape index (κ1) is 10.6. The molecule has 1 saturated heterocycles. The molecule has 1 fully saturated rings. The highest BCUT2D eigenvalue weighted by atomic mass is 32.2. The summed E-state index contributed by atoms with van der Waals surface area (Å²) in [5.41, 5.74) is 0. The molecule has 3 nitrogen and oxygen atoms in total. The van der Waals surface area contributed by atoms with Gasteiger partial charge in [0.1, 0.15) is 5.92 Å². The Morgan fingerprint density at radius 3 is 3.00 bits per heavy atom. The lowest BCUT2D eigenvalue weighted by atomic mass is 10.1. The molecule has 0 N–H and O–H groups in total. The molecule has 4 heteroatoms. The summed E-state index contributed by atoms with van der Waals surface area (Å²) in [6, 6.07) is 0. The molecule has 0 aromatic rings. The summed E-state index contributed by atoms with van der Waals surface area (Å²) in [4.78, 5) is 22.4. The summed E-state index contributed by atoms with van der Waals surface area (Å²) in [7, 11) is 0. The van der Waals surface area contributed by atoms with E-state index in [9.17, 15) is 9.59 Å². The zero-order valence-electron chi connectivity index (χ0n) is 7.75. The molecule has 1 aliphatic rings. The monoisotopic (exact) mass is 202 g/mol. The van der Waals surface area contributed by atoms with E-state index in [-0.39, 0.29) is 11.8 Å². The number of Topliss-reactive ketones (excluding diaryl/α,β-unsaturated/α-hetero) is 1. The van der Waals surface area contributed by atoms with Gasteiger partial charge in [-0.2, -0.15) is 11.8 Å². The van der Waals surface area contributed by atoms with E-state index in [2.05, 4.69) is 0 Å². The Morgan fingerprint density at radius 1 is 1.69 bits per heavy atom. The molecule has 1 rings (SSSR count). The minimum absolute atomic E-state index is 0.0199. The van der Waals surface area contributed by atoms with Crippen molar-refractivity contribution in [2.45, 2.75) is 19.8 Å². The van der Waals surface area contributed by atoms with Gasteiger partial charge in [-0.05, 0) is 6.42 Å². The number of carbonyl (C=O) groups is 2. The maximum atomic E-state index is 11.3. The highest BCUT2D eigenvalue weighted by Crippen LogP contribution is 2.21. The van der Waals surface area contributed by atoms with Gasteiger partial charge in [0.05, 0.1) is 12.4 Å². The third kappa shape index (κ3) is 3.03. The molecule has 1 aliphatic heterocycles. The fourth-order valence-corrected chi connectivity index (χ4v) is 2.17. The van der Waals surface area contributed by atoms with Crippen LogP contribution in [-0.2, 0) is 14.3 Å². The maximum absolute atomic E-state index is 11.3. The second kappa shape index (κ2) is 5.27. The minimum Gasteiger partial charge on any atom is -0.465 e. The van der Waals surface area contributed by atoms with Crippen molar-refractivity contribution in [1.29, 1.82) is 0 Å². The Balaban J connectivity index is 2.26. The van der Waals surface area contributed by atoms with Gasteiger partial charge in [0, 0.05) is 5.75 Å². The van der Waals surface area contributed by atoms with Crippen LogP contribution in [0.15, 0.2) is 0 Å². The number of thioether (sulfide) groups is 1. The topological polar surface area (TPSA) is 43.4 Å². The fourth-order valence-electron chi connectivity index (χ4n) is 1.09. The van der Waals surface area contributed by atoms with E-state index >= 15 is 0 Å². The van der Waals surface area contributed by atoms with Crippen LogP contribution in [0.1, 0.15) is 19.8 Å². The molecule has 0 amide bonds. The van der Waals surface area contributed by atoms with Crippen LogP contribution in [0.3, 0.4) is 0 Å². The van der Waals surface area contributed by atoms with Gasteiger partial charge in [-0.25, -0.2) is 0 Å². The number of ketones is 1. The van der Waals surface area contributed by atoms with Crippen LogP contribution in [0.2, 0.25) is 0 Å². The number of carbonyl (C=O) groups excluding carboxylic acids is 2. The number of hydrogen-bond donors (Lipinski definition) is 0. The molecule has 74 valence electrons. The van der Waals surface area contributed by atoms with E-state index in [1.165, 1.54) is 11.8 Å². The molecule has 13 heavy (non-hydrogen) atoms. The molecule has 1 heterocycles. The zero-order valence-corrected chi connectivity index (χ0v) is 8.56. The SMILES string of the molecule is CCCCOC(=O)C1CSCC1=O. The maximum Gasteiger partial charge on any atom is 0.317 e. The number of esters is 1. The van der Waals surface area contributed by atoms with Gasteiger partial charge in [0.15, 0.2) is 5.78 Å². The summed E-state index contributed by atoms with van der Waals surface area (Å²) < 4.78 is 4.96. The summed E-state index contributed by atoms with van der Waals surface area (Å²) >= 11 is 1.51. The quantitative estimate of drug-likeness (QED) is 0.391. The van der Waals surface area contributed by atoms with Crippen LogP contribution in [0.4, 0.5) is 0 Å². The van der Waals surface area contributed by atoms with Gasteiger partial charge < -0.3 is 4.74 Å². The Labute approximate surface area is 82.2 Å². The molecular formula is C9H14O3S. The largest absolute Gasteiger partial charge is 0.465 e. The van der Waals surface area contributed by atoms with E-state index in [0.29, 0.717) is 18.1 Å². The molecule has 0 radical (unpaired) electrons. The fraction of sp³-hybridized carbons (Fsp3) is 0.778. The van der Waals surface area contributed by atoms with E-state index in [0.717, 1.165) is 12.8 Å². The molecule has 1 atom stereocenters. The molecule has 1 unspecified atom stereocenters. The van der Waals surface area contributed by atoms with E-state index in [4.69, 9.17) is 4.74 Å². The van der Waals surface area contributed by atoms with Gasteiger partial charge in [0.25, 0.3) is 0 Å². The average Bonchev–Trinajstić information content (AvgIpc) is 2.52. The molecule has 0 aliphatic carbocycles. The summed E-state index contributed by atoms with van der Waals surface area (Å²) in [6.07, 6.45) is 1.88. The number of rotatable bonds is 4. The van der Waals surface area contributed by atoms with Gasteiger partial charge in [-0.15, -0.1) is 0 Å². The lowest BCUT2D eigenvalue weighted by Gasteiger charge is -2.06. The molecule has 0 aromatic carbocycles. The highest BCUT2D eigenvalue weighted by Gasteiger charge is 2.32. The smallest absolute Gasteiger partial charge is 0.317 e. The molecular weight excluding hydrogens is 188 g/mol. The zero-order chi connectivity index (χ0) is 9.68. The van der Waals surface area contributed by atoms with Crippen molar-refractivity contribution in [3.63, 3.8) is 0 Å². The van der Waals surface area contributed by atoms with Crippen LogP contribution in [0, 0.1) is 5.92 Å². The van der Waals surface area contributed by atoms with Crippen molar-refractivity contribution < 1.29 is 14.3 Å². The van der Waals surface area contributed by atoms with Gasteiger partial charge in [-0.1, -0.05) is 13.3 Å². The van der Waals surface area contributed by atoms with Gasteiger partial charge >= 0.3 is 5.97 Å². The molecule has 0 bridgehead atoms. The van der Waals surface area contributed by atoms with E-state index < -0.39 is 5.92 Å². The summed E-state index contributed by atoms with van der Waals surface area (Å²) in [6.45, 7) is 2.48. The van der Waals surface area contributed by atoms with Crippen molar-refractivity contribution in [2.75, 3.05) is 18.1 Å². The van der Waals surface area contributed by atoms with Crippen molar-refractivity contribution in [3.05, 3.63) is 0 Å². The standard InChI is InChI=1S/C9H14O3S/c1-2-3-4-12-9(11)7-5-13-6-8(7)10/h7H,2-6H2,1H3. The Morgan fingerprint density at radius 2 is 2.46 bits per heavy atom. The summed E-state index contributed by atoms with van der Waals surface area (Å²) in [5, 5.41) is 0. The van der Waals surface area contributed by atoms with Crippen molar-refractivity contribution >= 4 is 23.5 Å². The predicted octanol–water partition coefficient (Wildman–Crippen LogP) is 1.26. The Kier molecular flexibility index (Phi) is 4.28. The van der Waals surface area contributed by atoms with E-state index in [1.807, 2.05) is 6.92 Å². The normalized spacial score (nSPS) is 21.9. The van der Waals surface area contributed by atoms with Crippen molar-refractivity contribution in [3.8, 4) is 0 Å². The Bertz CT molecular complexity index is 203. The minimum atomic E-state index is -0.484. The lowest BCUT2D eigenvalue weighted by Crippen LogP contribution is -2.24. The highest BCUT2D eigenvalue weighted by molar-refractivity contribution is 8.00. The predicted molar refractivity (Wildman–Crippen MR) is 51.7 cm³/mol. The van der Waals surface area contributed by atoms with Gasteiger partial charge in [0.2, 0.25) is 0 Å². The second-order valence-corrected chi connectivity index (χ2v) is 4.09. The van der Waals surface area contributed by atoms with Crippen molar-refractivity contribution in [2.24, 2.45) is 5.92 Å². The third-order valence-electron chi connectivity index (χ3n) is 1.94. The average molecular weight is 202 g/mol. The molecule has 0 saturated carbocycles. The van der Waals surface area contributed by atoms with E-state index in [1.54, 1.807) is 0 Å². The van der Waals surface area contributed by atoms with Crippen LogP contribution in [0.25, 0.3) is 0 Å². The third-order valence-corrected chi connectivity index (χ3v) is 3.00. The lowest BCUT2D eigenvalue weighted by molar-refractivity contribution is -0.150. The Hall–Kier alpha value is -0.510. The number of unbranched alkanes of at least 4 members (excludes halogenated alkanes) is 1. The first-order valence-corrected chi connectivity index (χ1v) is 5.68. The van der Waals surface area contributed by atoms with Crippen LogP contribution in [0.5, 0.6) is 0 Å². The van der Waals surface area contributed by atoms with Crippen molar-refractivity contribution in [1.82, 2.24) is 0 Å².